The van der Waals surface area contributed by atoms with E-state index in [0.29, 0.717) is 24.1 Å². The second kappa shape index (κ2) is 5.19. The maximum atomic E-state index is 12.1. The Kier molecular flexibility index (Phi) is 3.62. The van der Waals surface area contributed by atoms with Gasteiger partial charge < -0.3 is 10.8 Å². The fourth-order valence-electron chi connectivity index (χ4n) is 2.11. The second-order valence-corrected chi connectivity index (χ2v) is 4.35. The van der Waals surface area contributed by atoms with Gasteiger partial charge in [0.05, 0.1) is 0 Å². The maximum Gasteiger partial charge on any atom is 0.326 e. The third-order valence-electron chi connectivity index (χ3n) is 3.07. The van der Waals surface area contributed by atoms with Crippen LogP contribution in [-0.4, -0.2) is 40.4 Å². The zero-order chi connectivity index (χ0) is 14.0. The zero-order valence-corrected chi connectivity index (χ0v) is 10.2. The van der Waals surface area contributed by atoms with E-state index in [0.717, 1.165) is 4.90 Å². The molecule has 6 heteroatoms. The number of hydrogen-bond donors (Lipinski definition) is 2. The van der Waals surface area contributed by atoms with Gasteiger partial charge in [0.15, 0.2) is 0 Å². The molecule has 2 amide bonds. The standard InChI is InChI=1S/C13H14N2O4/c14-6-2-5-10(13(18)19)15-11(16)8-3-1-4-9(7-8)12(15)17/h1,3-4,7,10H,2,5-6,14H2,(H,18,19)/t10-/m0/s1. The Bertz CT molecular complexity index is 510. The van der Waals surface area contributed by atoms with Crippen LogP contribution in [0.1, 0.15) is 33.6 Å². The third kappa shape index (κ3) is 2.34. The van der Waals surface area contributed by atoms with Gasteiger partial charge in [-0.05, 0) is 37.6 Å². The number of carbonyl (C=O) groups is 3. The Morgan fingerprint density at radius 3 is 2.32 bits per heavy atom. The van der Waals surface area contributed by atoms with Gasteiger partial charge in [-0.25, -0.2) is 4.79 Å². The zero-order valence-electron chi connectivity index (χ0n) is 10.2. The molecule has 0 spiro atoms. The molecule has 1 aliphatic heterocycles. The van der Waals surface area contributed by atoms with Crippen LogP contribution in [-0.2, 0) is 4.79 Å². The van der Waals surface area contributed by atoms with Crippen LogP contribution in [0.3, 0.4) is 0 Å². The molecule has 0 saturated carbocycles. The molecule has 3 N–H and O–H groups in total. The largest absolute Gasteiger partial charge is 0.480 e. The van der Waals surface area contributed by atoms with Crippen LogP contribution in [0, 0.1) is 0 Å². The summed E-state index contributed by atoms with van der Waals surface area (Å²) in [6.07, 6.45) is 0.593. The van der Waals surface area contributed by atoms with E-state index >= 15 is 0 Å². The number of benzene rings is 1. The summed E-state index contributed by atoms with van der Waals surface area (Å²) in [6.45, 7) is 0.311. The first-order valence-electron chi connectivity index (χ1n) is 5.97. The molecule has 19 heavy (non-hydrogen) atoms. The van der Waals surface area contributed by atoms with Gasteiger partial charge >= 0.3 is 5.97 Å². The van der Waals surface area contributed by atoms with Gasteiger partial charge in [0.1, 0.15) is 6.04 Å². The number of carboxylic acids is 1. The van der Waals surface area contributed by atoms with Crippen molar-refractivity contribution in [2.75, 3.05) is 6.54 Å². The van der Waals surface area contributed by atoms with Crippen LogP contribution in [0.15, 0.2) is 24.3 Å². The molecule has 0 fully saturated rings. The number of aliphatic carboxylic acids is 1. The van der Waals surface area contributed by atoms with Crippen molar-refractivity contribution in [2.24, 2.45) is 5.73 Å². The molecule has 0 saturated heterocycles. The van der Waals surface area contributed by atoms with E-state index in [9.17, 15) is 19.5 Å². The topological polar surface area (TPSA) is 101 Å². The van der Waals surface area contributed by atoms with E-state index < -0.39 is 23.8 Å². The molecule has 6 nitrogen and oxygen atoms in total. The summed E-state index contributed by atoms with van der Waals surface area (Å²) in [6, 6.07) is 5.04. The monoisotopic (exact) mass is 262 g/mol. The first kappa shape index (κ1) is 13.2. The van der Waals surface area contributed by atoms with Crippen molar-refractivity contribution in [2.45, 2.75) is 18.9 Å². The number of imide groups is 1. The summed E-state index contributed by atoms with van der Waals surface area (Å²) in [4.78, 5) is 36.3. The van der Waals surface area contributed by atoms with Crippen LogP contribution < -0.4 is 5.73 Å². The second-order valence-electron chi connectivity index (χ2n) is 4.35. The summed E-state index contributed by atoms with van der Waals surface area (Å²) in [5, 5.41) is 9.21. The molecule has 1 aliphatic rings. The van der Waals surface area contributed by atoms with E-state index in [4.69, 9.17) is 5.73 Å². The van der Waals surface area contributed by atoms with Crippen molar-refractivity contribution in [1.29, 1.82) is 0 Å². The van der Waals surface area contributed by atoms with E-state index in [1.54, 1.807) is 18.2 Å². The highest BCUT2D eigenvalue weighted by atomic mass is 16.4. The number of nitrogens with two attached hydrogens (primary N) is 1. The Hall–Kier alpha value is -2.21. The number of carbonyl (C=O) groups excluding carboxylic acids is 2. The van der Waals surface area contributed by atoms with Gasteiger partial charge in [0.2, 0.25) is 0 Å². The normalized spacial score (nSPS) is 15.5. The van der Waals surface area contributed by atoms with Crippen molar-refractivity contribution in [3.63, 3.8) is 0 Å². The average Bonchev–Trinajstić information content (AvgIpc) is 2.40. The first-order valence-corrected chi connectivity index (χ1v) is 5.97. The predicted octanol–water partition coefficient (Wildman–Crippen LogP) is 0.475. The van der Waals surface area contributed by atoms with Gasteiger partial charge in [0.25, 0.3) is 11.8 Å². The lowest BCUT2D eigenvalue weighted by atomic mass is 10.00. The molecular weight excluding hydrogens is 248 g/mol. The van der Waals surface area contributed by atoms with Crippen LogP contribution in [0.4, 0.5) is 0 Å². The number of rotatable bonds is 5. The lowest BCUT2D eigenvalue weighted by Crippen LogP contribution is -2.50. The summed E-state index contributed by atoms with van der Waals surface area (Å²) in [5.41, 5.74) is 6.01. The lowest BCUT2D eigenvalue weighted by Gasteiger charge is -2.30. The van der Waals surface area contributed by atoms with Crippen LogP contribution in [0.25, 0.3) is 0 Å². The number of hydrogen-bond acceptors (Lipinski definition) is 4. The quantitative estimate of drug-likeness (QED) is 0.751. The molecule has 1 heterocycles. The van der Waals surface area contributed by atoms with Crippen LogP contribution in [0.2, 0.25) is 0 Å². The molecule has 2 bridgehead atoms. The van der Waals surface area contributed by atoms with Crippen LogP contribution >= 0.6 is 0 Å². The number of fused-ring (bicyclic) bond motifs is 2. The fraction of sp³-hybridized carbons (Fsp3) is 0.308. The molecule has 0 aliphatic carbocycles. The molecule has 100 valence electrons. The number of nitrogens with zero attached hydrogens (tertiary/aromatic N) is 1. The molecule has 0 unspecified atom stereocenters. The summed E-state index contributed by atoms with van der Waals surface area (Å²) in [5.74, 6) is -2.33. The highest BCUT2D eigenvalue weighted by Crippen LogP contribution is 2.22. The fourth-order valence-corrected chi connectivity index (χ4v) is 2.11. The molecule has 0 aromatic heterocycles. The van der Waals surface area contributed by atoms with E-state index in [2.05, 4.69) is 0 Å². The maximum absolute atomic E-state index is 12.1. The molecule has 1 aromatic rings. The highest BCUT2D eigenvalue weighted by molar-refractivity contribution is 6.16. The summed E-state index contributed by atoms with van der Waals surface area (Å²) < 4.78 is 0. The Morgan fingerprint density at radius 2 is 1.84 bits per heavy atom. The van der Waals surface area contributed by atoms with Gasteiger partial charge in [-0.15, -0.1) is 0 Å². The summed E-state index contributed by atoms with van der Waals surface area (Å²) in [7, 11) is 0. The molecule has 1 aromatic carbocycles. The predicted molar refractivity (Wildman–Crippen MR) is 66.7 cm³/mol. The van der Waals surface area contributed by atoms with Crippen LogP contribution in [0.5, 0.6) is 0 Å². The van der Waals surface area contributed by atoms with E-state index in [-0.39, 0.29) is 6.42 Å². The number of amides is 2. The lowest BCUT2D eigenvalue weighted by molar-refractivity contribution is -0.141. The highest BCUT2D eigenvalue weighted by Gasteiger charge is 2.38. The molecule has 2 rings (SSSR count). The van der Waals surface area contributed by atoms with Gasteiger partial charge in [-0.2, -0.15) is 0 Å². The van der Waals surface area contributed by atoms with Gasteiger partial charge in [-0.1, -0.05) is 6.07 Å². The van der Waals surface area contributed by atoms with E-state index in [1.165, 1.54) is 6.07 Å². The SMILES string of the molecule is NCCC[C@@H](C(=O)O)N1C(=O)c2cccc(c2)C1=O. The van der Waals surface area contributed by atoms with Gasteiger partial charge in [-0.3, -0.25) is 14.5 Å². The Labute approximate surface area is 109 Å². The van der Waals surface area contributed by atoms with Crippen molar-refractivity contribution in [1.82, 2.24) is 4.90 Å². The first-order chi connectivity index (χ1) is 9.06. The van der Waals surface area contributed by atoms with Gasteiger partial charge in [0, 0.05) is 11.1 Å². The van der Waals surface area contributed by atoms with Crippen molar-refractivity contribution < 1.29 is 19.5 Å². The molecular formula is C13H14N2O4. The van der Waals surface area contributed by atoms with Crippen molar-refractivity contribution >= 4 is 17.8 Å². The number of carboxylic acid groups (broad SMARTS) is 1. The average molecular weight is 262 g/mol. The Morgan fingerprint density at radius 1 is 1.26 bits per heavy atom. The smallest absolute Gasteiger partial charge is 0.326 e. The van der Waals surface area contributed by atoms with Crippen molar-refractivity contribution in [3.05, 3.63) is 35.4 Å². The summed E-state index contributed by atoms with van der Waals surface area (Å²) >= 11 is 0. The van der Waals surface area contributed by atoms with Crippen molar-refractivity contribution in [3.8, 4) is 0 Å². The minimum atomic E-state index is -1.19. The molecule has 1 atom stereocenters. The third-order valence-corrected chi connectivity index (χ3v) is 3.07. The minimum absolute atomic E-state index is 0.160. The Balaban J connectivity index is 2.35. The van der Waals surface area contributed by atoms with E-state index in [1.807, 2.05) is 0 Å². The molecule has 0 radical (unpaired) electrons. The minimum Gasteiger partial charge on any atom is -0.480 e.